The maximum absolute atomic E-state index is 13.1. The number of fused-ring (bicyclic) bond motifs is 2. The minimum absolute atomic E-state index is 0.138. The molecule has 0 aromatic carbocycles. The lowest BCUT2D eigenvalue weighted by atomic mass is 9.68. The van der Waals surface area contributed by atoms with Gasteiger partial charge in [0.1, 0.15) is 0 Å². The van der Waals surface area contributed by atoms with E-state index in [-0.39, 0.29) is 10.8 Å². The first-order valence-electron chi connectivity index (χ1n) is 7.90. The van der Waals surface area contributed by atoms with E-state index in [0.29, 0.717) is 17.7 Å². The summed E-state index contributed by atoms with van der Waals surface area (Å²) in [7, 11) is 1.74. The fraction of sp³-hybridized carbons (Fsp3) is 0.824. The van der Waals surface area contributed by atoms with Crippen LogP contribution in [0.1, 0.15) is 39.5 Å². The van der Waals surface area contributed by atoms with Crippen molar-refractivity contribution in [2.24, 2.45) is 22.7 Å². The van der Waals surface area contributed by atoms with Crippen molar-refractivity contribution < 1.29 is 9.53 Å². The van der Waals surface area contributed by atoms with E-state index in [0.717, 1.165) is 39.0 Å². The van der Waals surface area contributed by atoms with Crippen molar-refractivity contribution in [1.29, 1.82) is 0 Å². The highest BCUT2D eigenvalue weighted by Crippen LogP contribution is 2.66. The topological polar surface area (TPSA) is 29.5 Å². The van der Waals surface area contributed by atoms with Crippen molar-refractivity contribution in [2.75, 3.05) is 26.8 Å². The summed E-state index contributed by atoms with van der Waals surface area (Å²) in [4.78, 5) is 15.2. The zero-order chi connectivity index (χ0) is 14.5. The molecule has 2 saturated carbocycles. The summed E-state index contributed by atoms with van der Waals surface area (Å²) in [6.45, 7) is 11.4. The minimum Gasteiger partial charge on any atom is -0.384 e. The molecule has 2 bridgehead atoms. The molecule has 3 atom stereocenters. The van der Waals surface area contributed by atoms with Gasteiger partial charge in [-0.2, -0.15) is 0 Å². The van der Waals surface area contributed by atoms with Gasteiger partial charge in [-0.25, -0.2) is 0 Å². The Kier molecular flexibility index (Phi) is 3.24. The van der Waals surface area contributed by atoms with Gasteiger partial charge in [0, 0.05) is 26.1 Å². The first-order valence-corrected chi connectivity index (χ1v) is 7.90. The molecule has 2 aliphatic carbocycles. The Hall–Kier alpha value is -0.830. The summed E-state index contributed by atoms with van der Waals surface area (Å²) in [6.07, 6.45) is 4.31. The Bertz CT molecular complexity index is 442. The molecule has 3 rings (SSSR count). The largest absolute Gasteiger partial charge is 0.384 e. The first kappa shape index (κ1) is 14.1. The van der Waals surface area contributed by atoms with Crippen LogP contribution in [0.2, 0.25) is 0 Å². The standard InChI is InChI=1S/C17H27NO2/c1-12-16(2,3)14-5-7-17(12,9-14)15(19)18-8-6-13(10-18)11-20-4/h13-14H,1,5-11H2,2-4H3/t13-,14+,17+/m1/s1. The molecule has 1 saturated heterocycles. The van der Waals surface area contributed by atoms with E-state index in [1.807, 2.05) is 0 Å². The second-order valence-electron chi connectivity index (χ2n) is 7.58. The average Bonchev–Trinajstić information content (AvgIpc) is 3.07. The van der Waals surface area contributed by atoms with Crippen LogP contribution in [0.25, 0.3) is 0 Å². The number of nitrogens with zero attached hydrogens (tertiary/aromatic N) is 1. The summed E-state index contributed by atoms with van der Waals surface area (Å²) in [5.74, 6) is 1.52. The Morgan fingerprint density at radius 3 is 2.80 bits per heavy atom. The molecule has 3 nitrogen and oxygen atoms in total. The van der Waals surface area contributed by atoms with E-state index in [1.54, 1.807) is 7.11 Å². The summed E-state index contributed by atoms with van der Waals surface area (Å²) in [5, 5.41) is 0. The van der Waals surface area contributed by atoms with Crippen molar-refractivity contribution >= 4 is 5.91 Å². The van der Waals surface area contributed by atoms with E-state index in [4.69, 9.17) is 4.74 Å². The summed E-state index contributed by atoms with van der Waals surface area (Å²) in [5.41, 5.74) is 1.09. The molecule has 20 heavy (non-hydrogen) atoms. The number of carbonyl (C=O) groups excluding carboxylic acids is 1. The first-order chi connectivity index (χ1) is 9.41. The third-order valence-corrected chi connectivity index (χ3v) is 6.28. The van der Waals surface area contributed by atoms with Gasteiger partial charge < -0.3 is 9.64 Å². The third-order valence-electron chi connectivity index (χ3n) is 6.28. The number of carbonyl (C=O) groups is 1. The van der Waals surface area contributed by atoms with Crippen molar-refractivity contribution in [3.63, 3.8) is 0 Å². The lowest BCUT2D eigenvalue weighted by Gasteiger charge is -2.39. The lowest BCUT2D eigenvalue weighted by Crippen LogP contribution is -2.43. The Morgan fingerprint density at radius 2 is 2.20 bits per heavy atom. The molecule has 112 valence electrons. The van der Waals surface area contributed by atoms with Crippen LogP contribution >= 0.6 is 0 Å². The Morgan fingerprint density at radius 1 is 1.45 bits per heavy atom. The molecule has 0 unspecified atom stereocenters. The van der Waals surface area contributed by atoms with Gasteiger partial charge in [0.25, 0.3) is 0 Å². The smallest absolute Gasteiger partial charge is 0.232 e. The monoisotopic (exact) mass is 277 g/mol. The number of ether oxygens (including phenoxy) is 1. The molecular weight excluding hydrogens is 250 g/mol. The molecule has 3 aliphatic rings. The molecule has 3 fully saturated rings. The van der Waals surface area contributed by atoms with Crippen LogP contribution in [0, 0.1) is 22.7 Å². The SMILES string of the molecule is C=C1C(C)(C)[C@H]2CC[C@]1(C(=O)N1CC[C@@H](COC)C1)C2. The van der Waals surface area contributed by atoms with Gasteiger partial charge in [-0.1, -0.05) is 26.0 Å². The number of amides is 1. The van der Waals surface area contributed by atoms with Gasteiger partial charge in [0.2, 0.25) is 5.91 Å². The van der Waals surface area contributed by atoms with Crippen molar-refractivity contribution in [3.05, 3.63) is 12.2 Å². The quantitative estimate of drug-likeness (QED) is 0.742. The number of likely N-dealkylation sites (tertiary alicyclic amines) is 1. The predicted octanol–water partition coefficient (Wildman–Crippen LogP) is 2.86. The molecule has 1 amide bonds. The molecule has 0 aromatic rings. The van der Waals surface area contributed by atoms with E-state index >= 15 is 0 Å². The molecule has 0 radical (unpaired) electrons. The van der Waals surface area contributed by atoms with Gasteiger partial charge in [-0.15, -0.1) is 0 Å². The number of hydrogen-bond acceptors (Lipinski definition) is 2. The Balaban J connectivity index is 1.77. The van der Waals surface area contributed by atoms with Gasteiger partial charge in [0.05, 0.1) is 12.0 Å². The maximum atomic E-state index is 13.1. The summed E-state index contributed by atoms with van der Waals surface area (Å²) >= 11 is 0. The van der Waals surface area contributed by atoms with E-state index < -0.39 is 0 Å². The van der Waals surface area contributed by atoms with Crippen LogP contribution in [0.15, 0.2) is 12.2 Å². The van der Waals surface area contributed by atoms with Crippen molar-refractivity contribution in [3.8, 4) is 0 Å². The number of rotatable bonds is 3. The highest BCUT2D eigenvalue weighted by molar-refractivity contribution is 5.88. The predicted molar refractivity (Wildman–Crippen MR) is 79.3 cm³/mol. The summed E-state index contributed by atoms with van der Waals surface area (Å²) < 4.78 is 5.24. The van der Waals surface area contributed by atoms with Crippen molar-refractivity contribution in [1.82, 2.24) is 4.90 Å². The third kappa shape index (κ3) is 1.78. The van der Waals surface area contributed by atoms with Crippen LogP contribution < -0.4 is 0 Å². The van der Waals surface area contributed by atoms with Crippen LogP contribution in [0.4, 0.5) is 0 Å². The van der Waals surface area contributed by atoms with Crippen LogP contribution in [0.3, 0.4) is 0 Å². The van der Waals surface area contributed by atoms with E-state index in [1.165, 1.54) is 12.0 Å². The minimum atomic E-state index is -0.240. The molecule has 0 spiro atoms. The second kappa shape index (κ2) is 4.59. The molecule has 0 N–H and O–H groups in total. The van der Waals surface area contributed by atoms with Gasteiger partial charge in [-0.05, 0) is 37.0 Å². The van der Waals surface area contributed by atoms with Crippen LogP contribution in [-0.4, -0.2) is 37.6 Å². The molecule has 1 aliphatic heterocycles. The van der Waals surface area contributed by atoms with Gasteiger partial charge in [0.15, 0.2) is 0 Å². The van der Waals surface area contributed by atoms with E-state index in [2.05, 4.69) is 25.3 Å². The van der Waals surface area contributed by atoms with Gasteiger partial charge in [-0.3, -0.25) is 4.79 Å². The normalized spacial score (nSPS) is 38.8. The zero-order valence-electron chi connectivity index (χ0n) is 13.1. The fourth-order valence-corrected chi connectivity index (χ4v) is 4.81. The lowest BCUT2D eigenvalue weighted by molar-refractivity contribution is -0.138. The highest BCUT2D eigenvalue weighted by Gasteiger charge is 2.61. The molecule has 0 aromatic heterocycles. The second-order valence-corrected chi connectivity index (χ2v) is 7.58. The number of methoxy groups -OCH3 is 1. The average molecular weight is 277 g/mol. The van der Waals surface area contributed by atoms with Crippen molar-refractivity contribution in [2.45, 2.75) is 39.5 Å². The molecule has 3 heteroatoms. The number of hydrogen-bond donors (Lipinski definition) is 0. The maximum Gasteiger partial charge on any atom is 0.232 e. The Labute approximate surface area is 122 Å². The zero-order valence-corrected chi connectivity index (χ0v) is 13.1. The van der Waals surface area contributed by atoms with Gasteiger partial charge >= 0.3 is 0 Å². The molecule has 1 heterocycles. The molecular formula is C17H27NO2. The van der Waals surface area contributed by atoms with Crippen LogP contribution in [-0.2, 0) is 9.53 Å². The highest BCUT2D eigenvalue weighted by atomic mass is 16.5. The fourth-order valence-electron chi connectivity index (χ4n) is 4.81. The van der Waals surface area contributed by atoms with Crippen LogP contribution in [0.5, 0.6) is 0 Å². The summed E-state index contributed by atoms with van der Waals surface area (Å²) in [6, 6.07) is 0. The van der Waals surface area contributed by atoms with E-state index in [9.17, 15) is 4.79 Å².